The molecule has 3 aromatic rings. The lowest BCUT2D eigenvalue weighted by Gasteiger charge is -2.24. The Morgan fingerprint density at radius 3 is 2.34 bits per heavy atom. The third kappa shape index (κ3) is 4.91. The second kappa shape index (κ2) is 9.56. The maximum Gasteiger partial charge on any atom is 0.419 e. The van der Waals surface area contributed by atoms with E-state index in [0.717, 1.165) is 16.5 Å². The smallest absolute Gasteiger partial charge is 0.419 e. The molecule has 0 saturated carbocycles. The predicted octanol–water partition coefficient (Wildman–Crippen LogP) is 6.07. The molecule has 1 amide bonds. The summed E-state index contributed by atoms with van der Waals surface area (Å²) in [5.74, 6) is 0. The Hall–Kier alpha value is -3.80. The number of fused-ring (bicyclic) bond motifs is 1. The molecule has 0 bridgehead atoms. The van der Waals surface area contributed by atoms with E-state index in [-0.39, 0.29) is 6.61 Å². The number of para-hydroxylation sites is 1. The van der Waals surface area contributed by atoms with E-state index in [1.165, 1.54) is 10.6 Å². The summed E-state index contributed by atoms with van der Waals surface area (Å²) in [5, 5.41) is 3.77. The fourth-order valence-electron chi connectivity index (χ4n) is 3.57. The fourth-order valence-corrected chi connectivity index (χ4v) is 3.57. The van der Waals surface area contributed by atoms with Crippen LogP contribution in [0.3, 0.4) is 0 Å². The Labute approximate surface area is 188 Å². The van der Waals surface area contributed by atoms with Gasteiger partial charge in [-0.3, -0.25) is 0 Å². The molecule has 0 radical (unpaired) electrons. The fraction of sp³-hybridized carbons (Fsp3) is 0.231. The Kier molecular flexibility index (Phi) is 6.83. The Bertz CT molecular complexity index is 1140. The number of hydrogen-bond donors (Lipinski definition) is 1. The molecule has 0 saturated heterocycles. The number of amides is 1. The minimum absolute atomic E-state index is 0.0789. The van der Waals surface area contributed by atoms with E-state index >= 15 is 0 Å². The summed E-state index contributed by atoms with van der Waals surface area (Å²) in [5.41, 5.74) is 2.09. The summed E-state index contributed by atoms with van der Waals surface area (Å²) in [4.78, 5) is 25.7. The van der Waals surface area contributed by atoms with E-state index in [1.807, 2.05) is 54.6 Å². The van der Waals surface area contributed by atoms with Crippen LogP contribution in [-0.2, 0) is 9.47 Å². The van der Waals surface area contributed by atoms with E-state index in [2.05, 4.69) is 18.5 Å². The number of rotatable bonds is 6. The van der Waals surface area contributed by atoms with Gasteiger partial charge in [-0.15, -0.1) is 0 Å². The van der Waals surface area contributed by atoms with Gasteiger partial charge in [-0.05, 0) is 38.5 Å². The van der Waals surface area contributed by atoms with Crippen molar-refractivity contribution in [3.8, 4) is 0 Å². The summed E-state index contributed by atoms with van der Waals surface area (Å²) in [6.07, 6.45) is 1.99. The number of carbonyl (C=O) groups is 2. The normalized spacial score (nSPS) is 12.1. The number of benzene rings is 2. The van der Waals surface area contributed by atoms with Crippen LogP contribution in [-0.4, -0.2) is 29.0 Å². The molecule has 32 heavy (non-hydrogen) atoms. The molecule has 0 fully saturated rings. The monoisotopic (exact) mass is 432 g/mol. The first-order valence-corrected chi connectivity index (χ1v) is 10.3. The van der Waals surface area contributed by atoms with Crippen molar-refractivity contribution in [1.29, 1.82) is 0 Å². The SMILES string of the molecule is C=CCOC(=O)n1c(C=C)c([C@@H](NC(=O)OC(C)(C)C)c2ccccc2)c2ccccc21. The topological polar surface area (TPSA) is 69.6 Å². The predicted molar refractivity (Wildman–Crippen MR) is 127 cm³/mol. The summed E-state index contributed by atoms with van der Waals surface area (Å²) < 4.78 is 12.3. The number of aromatic nitrogens is 1. The van der Waals surface area contributed by atoms with Gasteiger partial charge < -0.3 is 14.8 Å². The molecule has 0 unspecified atom stereocenters. The average Bonchev–Trinajstić information content (AvgIpc) is 3.09. The maximum atomic E-state index is 12.9. The molecule has 6 nitrogen and oxygen atoms in total. The van der Waals surface area contributed by atoms with Gasteiger partial charge in [0.25, 0.3) is 0 Å². The van der Waals surface area contributed by atoms with Crippen molar-refractivity contribution in [3.05, 3.63) is 90.7 Å². The minimum atomic E-state index is -0.658. The molecule has 1 atom stereocenters. The van der Waals surface area contributed by atoms with Gasteiger partial charge in [0.05, 0.1) is 17.3 Å². The van der Waals surface area contributed by atoms with Crippen LogP contribution in [0.2, 0.25) is 0 Å². The van der Waals surface area contributed by atoms with Crippen LogP contribution in [0.25, 0.3) is 17.0 Å². The highest BCUT2D eigenvalue weighted by Crippen LogP contribution is 2.35. The van der Waals surface area contributed by atoms with Crippen molar-refractivity contribution >= 4 is 29.2 Å². The molecular weight excluding hydrogens is 404 g/mol. The van der Waals surface area contributed by atoms with Gasteiger partial charge in [0, 0.05) is 10.9 Å². The molecule has 6 heteroatoms. The van der Waals surface area contributed by atoms with Gasteiger partial charge in [0.1, 0.15) is 12.2 Å². The first-order valence-electron chi connectivity index (χ1n) is 10.3. The standard InChI is InChI=1S/C26H28N2O4/c1-6-17-31-25(30)28-20(7-2)22(19-15-11-12-16-21(19)28)23(18-13-9-8-10-14-18)27-24(29)32-26(3,4)5/h6-16,23H,1-2,17H2,3-5H3,(H,27,29)/t23-/m0/s1. The van der Waals surface area contributed by atoms with Crippen molar-refractivity contribution in [2.75, 3.05) is 6.61 Å². The van der Waals surface area contributed by atoms with E-state index in [0.29, 0.717) is 11.2 Å². The highest BCUT2D eigenvalue weighted by molar-refractivity contribution is 5.97. The van der Waals surface area contributed by atoms with Gasteiger partial charge in [0.15, 0.2) is 0 Å². The summed E-state index contributed by atoms with van der Waals surface area (Å²) >= 11 is 0. The van der Waals surface area contributed by atoms with Crippen LogP contribution in [0.1, 0.15) is 43.6 Å². The zero-order valence-electron chi connectivity index (χ0n) is 18.6. The van der Waals surface area contributed by atoms with Gasteiger partial charge in [0.2, 0.25) is 0 Å². The lowest BCUT2D eigenvalue weighted by atomic mass is 9.96. The van der Waals surface area contributed by atoms with E-state index in [1.54, 1.807) is 26.8 Å². The third-order valence-electron chi connectivity index (χ3n) is 4.74. The number of alkyl carbamates (subject to hydrolysis) is 1. The van der Waals surface area contributed by atoms with Crippen LogP contribution >= 0.6 is 0 Å². The lowest BCUT2D eigenvalue weighted by Crippen LogP contribution is -2.35. The largest absolute Gasteiger partial charge is 0.445 e. The molecular formula is C26H28N2O4. The molecule has 0 aliphatic heterocycles. The molecule has 166 valence electrons. The van der Waals surface area contributed by atoms with Gasteiger partial charge >= 0.3 is 12.2 Å². The van der Waals surface area contributed by atoms with Crippen LogP contribution in [0.4, 0.5) is 9.59 Å². The molecule has 3 rings (SSSR count). The number of carbonyl (C=O) groups excluding carboxylic acids is 2. The van der Waals surface area contributed by atoms with E-state index in [9.17, 15) is 9.59 Å². The van der Waals surface area contributed by atoms with Crippen LogP contribution in [0, 0.1) is 0 Å². The second-order valence-electron chi connectivity index (χ2n) is 8.21. The molecule has 1 heterocycles. The maximum absolute atomic E-state index is 12.9. The zero-order valence-corrected chi connectivity index (χ0v) is 18.6. The van der Waals surface area contributed by atoms with Gasteiger partial charge in [-0.25, -0.2) is 14.2 Å². The van der Waals surface area contributed by atoms with Crippen molar-refractivity contribution in [2.24, 2.45) is 0 Å². The average molecular weight is 433 g/mol. The lowest BCUT2D eigenvalue weighted by molar-refractivity contribution is 0.0512. The van der Waals surface area contributed by atoms with Gasteiger partial charge in [-0.2, -0.15) is 0 Å². The Morgan fingerprint density at radius 1 is 1.06 bits per heavy atom. The van der Waals surface area contributed by atoms with Crippen molar-refractivity contribution < 1.29 is 19.1 Å². The highest BCUT2D eigenvalue weighted by atomic mass is 16.6. The van der Waals surface area contributed by atoms with Crippen LogP contribution in [0.5, 0.6) is 0 Å². The molecule has 0 aliphatic carbocycles. The highest BCUT2D eigenvalue weighted by Gasteiger charge is 2.29. The number of nitrogens with zero attached hydrogens (tertiary/aromatic N) is 1. The number of nitrogens with one attached hydrogen (secondary N) is 1. The number of ether oxygens (including phenoxy) is 2. The van der Waals surface area contributed by atoms with Crippen molar-refractivity contribution in [3.63, 3.8) is 0 Å². The Morgan fingerprint density at radius 2 is 1.72 bits per heavy atom. The first kappa shape index (κ1) is 22.9. The van der Waals surface area contributed by atoms with Crippen molar-refractivity contribution in [1.82, 2.24) is 9.88 Å². The summed E-state index contributed by atoms with van der Waals surface area (Å²) in [6.45, 7) is 13.0. The minimum Gasteiger partial charge on any atom is -0.445 e. The van der Waals surface area contributed by atoms with Crippen LogP contribution in [0.15, 0.2) is 73.8 Å². The zero-order chi connectivity index (χ0) is 23.3. The second-order valence-corrected chi connectivity index (χ2v) is 8.21. The first-order chi connectivity index (χ1) is 15.3. The Balaban J connectivity index is 2.22. The van der Waals surface area contributed by atoms with Gasteiger partial charge in [-0.1, -0.05) is 67.8 Å². The molecule has 2 aromatic carbocycles. The molecule has 1 aromatic heterocycles. The third-order valence-corrected chi connectivity index (χ3v) is 4.74. The van der Waals surface area contributed by atoms with Crippen molar-refractivity contribution in [2.45, 2.75) is 32.4 Å². The van der Waals surface area contributed by atoms with Crippen LogP contribution < -0.4 is 5.32 Å². The summed E-state index contributed by atoms with van der Waals surface area (Å²) in [7, 11) is 0. The molecule has 1 N–H and O–H groups in total. The molecule has 0 spiro atoms. The van der Waals surface area contributed by atoms with E-state index in [4.69, 9.17) is 9.47 Å². The quantitative estimate of drug-likeness (QED) is 0.480. The molecule has 0 aliphatic rings. The van der Waals surface area contributed by atoms with E-state index < -0.39 is 23.8 Å². The number of hydrogen-bond acceptors (Lipinski definition) is 4. The summed E-state index contributed by atoms with van der Waals surface area (Å²) in [6, 6.07) is 16.4.